The van der Waals surface area contributed by atoms with E-state index in [-0.39, 0.29) is 12.1 Å². The fourth-order valence-corrected chi connectivity index (χ4v) is 4.01. The third kappa shape index (κ3) is 2.98. The van der Waals surface area contributed by atoms with Crippen molar-refractivity contribution in [3.05, 3.63) is 74.6 Å². The molecule has 0 bridgehead atoms. The maximum atomic E-state index is 12.5. The van der Waals surface area contributed by atoms with Crippen LogP contribution in [0.2, 0.25) is 5.02 Å². The van der Waals surface area contributed by atoms with Crippen LogP contribution < -0.4 is 5.56 Å². The summed E-state index contributed by atoms with van der Waals surface area (Å²) >= 11 is 7.16. The highest BCUT2D eigenvalue weighted by Crippen LogP contribution is 2.29. The smallest absolute Gasteiger partial charge is 0.341 e. The molecule has 0 saturated heterocycles. The van der Waals surface area contributed by atoms with E-state index in [0.717, 1.165) is 17.0 Å². The number of thiophene rings is 1. The molecular weight excluding hydrogens is 390 g/mol. The molecule has 3 heterocycles. The molecule has 136 valence electrons. The number of aromatic carboxylic acids is 1. The van der Waals surface area contributed by atoms with Crippen LogP contribution in [0.3, 0.4) is 0 Å². The van der Waals surface area contributed by atoms with Crippen molar-refractivity contribution in [3.63, 3.8) is 0 Å². The van der Waals surface area contributed by atoms with Gasteiger partial charge in [0.25, 0.3) is 5.56 Å². The monoisotopic (exact) mass is 401 g/mol. The molecule has 2 N–H and O–H groups in total. The molecule has 7 nitrogen and oxygen atoms in total. The Hall–Kier alpha value is -3.10. The second kappa shape index (κ2) is 6.57. The van der Waals surface area contributed by atoms with E-state index in [9.17, 15) is 19.8 Å². The number of carboxylic acid groups (broad SMARTS) is 1. The lowest BCUT2D eigenvalue weighted by Crippen LogP contribution is -2.22. The van der Waals surface area contributed by atoms with Crippen molar-refractivity contribution in [1.82, 2.24) is 14.3 Å². The summed E-state index contributed by atoms with van der Waals surface area (Å²) in [7, 11) is 0. The fourth-order valence-electron chi connectivity index (χ4n) is 2.89. The number of fused-ring (bicyclic) bond motifs is 1. The molecular formula is C18H12ClN3O4S. The minimum Gasteiger partial charge on any atom is -0.502 e. The van der Waals surface area contributed by atoms with Crippen LogP contribution in [0, 0.1) is 0 Å². The molecule has 4 aromatic rings. The standard InChI is InChI=1S/C18H12ClN3O4S/c19-11-2-1-3-12(6-11)22-9-10(7-20-22)8-21-13-4-5-27-16(13)14(18(25)26)15(23)17(21)24/h1-7,9,23H,8H2,(H,25,26). The number of rotatable bonds is 4. The Kier molecular flexibility index (Phi) is 4.21. The molecule has 0 atom stereocenters. The minimum atomic E-state index is -1.34. The summed E-state index contributed by atoms with van der Waals surface area (Å²) in [6.07, 6.45) is 3.35. The Labute approximate surface area is 161 Å². The molecule has 3 aromatic heterocycles. The molecule has 9 heteroatoms. The van der Waals surface area contributed by atoms with Crippen LogP contribution in [0.15, 0.2) is 52.9 Å². The second-order valence-electron chi connectivity index (χ2n) is 5.83. The van der Waals surface area contributed by atoms with Gasteiger partial charge in [-0.05, 0) is 29.6 Å². The van der Waals surface area contributed by atoms with Crippen molar-refractivity contribution in [1.29, 1.82) is 0 Å². The van der Waals surface area contributed by atoms with Crippen LogP contribution in [0.4, 0.5) is 0 Å². The third-order valence-corrected chi connectivity index (χ3v) is 5.27. The summed E-state index contributed by atoms with van der Waals surface area (Å²) in [4.78, 5) is 24.0. The average Bonchev–Trinajstić information content (AvgIpc) is 3.28. The third-order valence-electron chi connectivity index (χ3n) is 4.11. The number of aromatic nitrogens is 3. The highest BCUT2D eigenvalue weighted by Gasteiger charge is 2.22. The number of hydrogen-bond donors (Lipinski definition) is 2. The number of hydrogen-bond acceptors (Lipinski definition) is 5. The number of halogens is 1. The number of aromatic hydroxyl groups is 1. The van der Waals surface area contributed by atoms with Crippen molar-refractivity contribution in [2.45, 2.75) is 6.54 Å². The van der Waals surface area contributed by atoms with Gasteiger partial charge in [-0.3, -0.25) is 9.36 Å². The van der Waals surface area contributed by atoms with E-state index in [1.807, 2.05) is 6.07 Å². The van der Waals surface area contributed by atoms with Crippen LogP contribution >= 0.6 is 22.9 Å². The highest BCUT2D eigenvalue weighted by molar-refractivity contribution is 7.17. The zero-order valence-corrected chi connectivity index (χ0v) is 15.2. The summed E-state index contributed by atoms with van der Waals surface area (Å²) in [6, 6.07) is 8.83. The van der Waals surface area contributed by atoms with Crippen LogP contribution in [-0.2, 0) is 6.54 Å². The van der Waals surface area contributed by atoms with Gasteiger partial charge in [0.2, 0.25) is 0 Å². The van der Waals surface area contributed by atoms with E-state index in [0.29, 0.717) is 20.8 Å². The predicted octanol–water partition coefficient (Wildman–Crippen LogP) is 3.35. The van der Waals surface area contributed by atoms with Crippen LogP contribution in [-0.4, -0.2) is 30.5 Å². The number of pyridine rings is 1. The van der Waals surface area contributed by atoms with Crippen molar-refractivity contribution in [3.8, 4) is 11.4 Å². The van der Waals surface area contributed by atoms with Gasteiger partial charge in [0.05, 0.1) is 28.6 Å². The summed E-state index contributed by atoms with van der Waals surface area (Å²) in [6.45, 7) is 0.139. The lowest BCUT2D eigenvalue weighted by Gasteiger charge is -2.09. The average molecular weight is 402 g/mol. The summed E-state index contributed by atoms with van der Waals surface area (Å²) in [5, 5.41) is 26.0. The van der Waals surface area contributed by atoms with Gasteiger partial charge in [0.15, 0.2) is 5.75 Å². The van der Waals surface area contributed by atoms with Crippen LogP contribution in [0.25, 0.3) is 15.9 Å². The molecule has 27 heavy (non-hydrogen) atoms. The molecule has 0 unspecified atom stereocenters. The van der Waals surface area contributed by atoms with Crippen molar-refractivity contribution in [2.24, 2.45) is 0 Å². The maximum Gasteiger partial charge on any atom is 0.341 e. The van der Waals surface area contributed by atoms with E-state index in [2.05, 4.69) is 5.10 Å². The molecule has 4 rings (SSSR count). The Morgan fingerprint density at radius 2 is 2.11 bits per heavy atom. The number of nitrogens with zero attached hydrogens (tertiary/aromatic N) is 3. The first-order chi connectivity index (χ1) is 13.0. The summed E-state index contributed by atoms with van der Waals surface area (Å²) < 4.78 is 3.32. The first-order valence-corrected chi connectivity index (χ1v) is 9.07. The van der Waals surface area contributed by atoms with Crippen LogP contribution in [0.5, 0.6) is 5.75 Å². The van der Waals surface area contributed by atoms with Crippen molar-refractivity contribution >= 4 is 39.1 Å². The minimum absolute atomic E-state index is 0.139. The van der Waals surface area contributed by atoms with Gasteiger partial charge in [-0.15, -0.1) is 11.3 Å². The van der Waals surface area contributed by atoms with E-state index in [4.69, 9.17) is 11.6 Å². The molecule has 0 spiro atoms. The van der Waals surface area contributed by atoms with E-state index >= 15 is 0 Å². The molecule has 0 radical (unpaired) electrons. The molecule has 0 saturated carbocycles. The van der Waals surface area contributed by atoms with Gasteiger partial charge in [0.1, 0.15) is 5.56 Å². The van der Waals surface area contributed by atoms with Gasteiger partial charge in [-0.2, -0.15) is 5.10 Å². The topological polar surface area (TPSA) is 97.3 Å². The van der Waals surface area contributed by atoms with Gasteiger partial charge >= 0.3 is 5.97 Å². The van der Waals surface area contributed by atoms with Gasteiger partial charge in [-0.1, -0.05) is 17.7 Å². The zero-order chi connectivity index (χ0) is 19.1. The lowest BCUT2D eigenvalue weighted by molar-refractivity contribution is 0.0695. The predicted molar refractivity (Wildman–Crippen MR) is 102 cm³/mol. The molecule has 0 aliphatic rings. The Morgan fingerprint density at radius 3 is 2.85 bits per heavy atom. The van der Waals surface area contributed by atoms with Gasteiger partial charge < -0.3 is 10.2 Å². The molecule has 0 aliphatic heterocycles. The van der Waals surface area contributed by atoms with Gasteiger partial charge in [-0.25, -0.2) is 9.48 Å². The number of carboxylic acids is 1. The normalized spacial score (nSPS) is 11.1. The Balaban J connectivity index is 1.78. The summed E-state index contributed by atoms with van der Waals surface area (Å²) in [5.41, 5.74) is 0.818. The van der Waals surface area contributed by atoms with E-state index in [1.165, 1.54) is 4.57 Å². The number of carbonyl (C=O) groups is 1. The lowest BCUT2D eigenvalue weighted by atomic mass is 10.2. The molecule has 1 aromatic carbocycles. The Morgan fingerprint density at radius 1 is 1.30 bits per heavy atom. The zero-order valence-electron chi connectivity index (χ0n) is 13.7. The first-order valence-electron chi connectivity index (χ1n) is 7.81. The molecule has 0 amide bonds. The van der Waals surface area contributed by atoms with Crippen molar-refractivity contribution < 1.29 is 15.0 Å². The Bertz CT molecular complexity index is 1240. The van der Waals surface area contributed by atoms with E-state index in [1.54, 1.807) is 46.7 Å². The van der Waals surface area contributed by atoms with Crippen molar-refractivity contribution in [2.75, 3.05) is 0 Å². The maximum absolute atomic E-state index is 12.5. The largest absolute Gasteiger partial charge is 0.502 e. The highest BCUT2D eigenvalue weighted by atomic mass is 35.5. The second-order valence-corrected chi connectivity index (χ2v) is 7.18. The quantitative estimate of drug-likeness (QED) is 0.546. The van der Waals surface area contributed by atoms with Gasteiger partial charge in [0, 0.05) is 16.8 Å². The number of benzene rings is 1. The summed E-state index contributed by atoms with van der Waals surface area (Å²) in [5.74, 6) is -2.10. The molecule has 0 fully saturated rings. The molecule has 0 aliphatic carbocycles. The van der Waals surface area contributed by atoms with Crippen LogP contribution in [0.1, 0.15) is 15.9 Å². The van der Waals surface area contributed by atoms with E-state index < -0.39 is 17.3 Å². The SMILES string of the molecule is O=C(O)c1c(O)c(=O)n(Cc2cnn(-c3cccc(Cl)c3)c2)c2ccsc12. The fraction of sp³-hybridized carbons (Fsp3) is 0.0556. The first kappa shape index (κ1) is 17.3.